The number of hydrogen-bond acceptors (Lipinski definition) is 5. The average Bonchev–Trinajstić information content (AvgIpc) is 2.94. The van der Waals surface area contributed by atoms with E-state index in [1.165, 1.54) is 17.8 Å². The van der Waals surface area contributed by atoms with Crippen LogP contribution in [0.4, 0.5) is 0 Å². The SMILES string of the molecule is COCc1nc(C2CC2)sc1-c1nc(=S)[nH][nH]1. The second-order valence-electron chi connectivity index (χ2n) is 4.05. The smallest absolute Gasteiger partial charge is 0.213 e. The van der Waals surface area contributed by atoms with Crippen LogP contribution in [-0.2, 0) is 11.3 Å². The van der Waals surface area contributed by atoms with Crippen LogP contribution >= 0.6 is 23.6 Å². The van der Waals surface area contributed by atoms with Crippen LogP contribution in [0.15, 0.2) is 0 Å². The molecule has 0 unspecified atom stereocenters. The second-order valence-corrected chi connectivity index (χ2v) is 5.47. The molecule has 5 nitrogen and oxygen atoms in total. The van der Waals surface area contributed by atoms with Crippen molar-refractivity contribution in [1.82, 2.24) is 20.2 Å². The van der Waals surface area contributed by atoms with E-state index < -0.39 is 0 Å². The highest BCUT2D eigenvalue weighted by atomic mass is 32.1. The summed E-state index contributed by atoms with van der Waals surface area (Å²) in [5.41, 5.74) is 0.942. The van der Waals surface area contributed by atoms with E-state index >= 15 is 0 Å². The first kappa shape index (κ1) is 11.1. The predicted octanol–water partition coefficient (Wildman–Crippen LogP) is 2.61. The highest BCUT2D eigenvalue weighted by Gasteiger charge is 2.29. The zero-order valence-electron chi connectivity index (χ0n) is 9.32. The molecule has 0 amide bonds. The Morgan fingerprint density at radius 2 is 2.24 bits per heavy atom. The Morgan fingerprint density at radius 3 is 2.82 bits per heavy atom. The first-order valence-corrected chi connectivity index (χ1v) is 6.64. The fourth-order valence-electron chi connectivity index (χ4n) is 1.67. The van der Waals surface area contributed by atoms with E-state index in [4.69, 9.17) is 17.0 Å². The number of aromatic nitrogens is 4. The van der Waals surface area contributed by atoms with Gasteiger partial charge in [-0.15, -0.1) is 11.3 Å². The molecule has 0 bridgehead atoms. The van der Waals surface area contributed by atoms with Crippen LogP contribution in [0.25, 0.3) is 10.7 Å². The van der Waals surface area contributed by atoms with Gasteiger partial charge in [-0.3, -0.25) is 10.2 Å². The Labute approximate surface area is 107 Å². The van der Waals surface area contributed by atoms with Crippen molar-refractivity contribution in [3.63, 3.8) is 0 Å². The lowest BCUT2D eigenvalue weighted by atomic mass is 10.3. The minimum absolute atomic E-state index is 0.463. The first-order chi connectivity index (χ1) is 8.28. The van der Waals surface area contributed by atoms with Gasteiger partial charge in [0.15, 0.2) is 5.82 Å². The number of hydrogen-bond donors (Lipinski definition) is 2. The molecule has 90 valence electrons. The van der Waals surface area contributed by atoms with E-state index in [0.717, 1.165) is 16.4 Å². The van der Waals surface area contributed by atoms with Crippen LogP contribution in [0.1, 0.15) is 29.5 Å². The number of nitrogens with zero attached hydrogens (tertiary/aromatic N) is 2. The molecule has 2 heterocycles. The normalized spacial score (nSPS) is 15.4. The van der Waals surface area contributed by atoms with E-state index in [9.17, 15) is 0 Å². The molecule has 0 radical (unpaired) electrons. The van der Waals surface area contributed by atoms with Crippen molar-refractivity contribution < 1.29 is 4.74 Å². The Morgan fingerprint density at radius 1 is 1.41 bits per heavy atom. The monoisotopic (exact) mass is 268 g/mol. The summed E-state index contributed by atoms with van der Waals surface area (Å²) in [7, 11) is 1.67. The summed E-state index contributed by atoms with van der Waals surface area (Å²) >= 11 is 6.65. The summed E-state index contributed by atoms with van der Waals surface area (Å²) in [5, 5.41) is 6.96. The standard InChI is InChI=1S/C10H12N4OS2/c1-15-4-6-7(8-12-10(16)14-13-8)17-9(11-6)5-2-3-5/h5H,2-4H2,1H3,(H2,12,13,14,16). The highest BCUT2D eigenvalue weighted by Crippen LogP contribution is 2.44. The topological polar surface area (TPSA) is 66.6 Å². The molecule has 1 fully saturated rings. The lowest BCUT2D eigenvalue weighted by Gasteiger charge is -1.96. The van der Waals surface area contributed by atoms with Crippen molar-refractivity contribution in [2.75, 3.05) is 7.11 Å². The summed E-state index contributed by atoms with van der Waals surface area (Å²) in [6, 6.07) is 0. The van der Waals surface area contributed by atoms with Gasteiger partial charge in [0, 0.05) is 13.0 Å². The van der Waals surface area contributed by atoms with Gasteiger partial charge >= 0.3 is 0 Å². The van der Waals surface area contributed by atoms with Crippen LogP contribution in [0.3, 0.4) is 0 Å². The van der Waals surface area contributed by atoms with E-state index in [1.807, 2.05) is 0 Å². The van der Waals surface area contributed by atoms with Crippen LogP contribution in [0, 0.1) is 4.77 Å². The number of thiazole rings is 1. The summed E-state index contributed by atoms with van der Waals surface area (Å²) in [4.78, 5) is 9.90. The maximum Gasteiger partial charge on any atom is 0.213 e. The van der Waals surface area contributed by atoms with Crippen molar-refractivity contribution in [1.29, 1.82) is 0 Å². The third kappa shape index (κ3) is 2.18. The third-order valence-corrected chi connectivity index (χ3v) is 4.10. The molecular weight excluding hydrogens is 256 g/mol. The molecule has 2 N–H and O–H groups in total. The van der Waals surface area contributed by atoms with E-state index in [-0.39, 0.29) is 0 Å². The van der Waals surface area contributed by atoms with Crippen molar-refractivity contribution in [3.8, 4) is 10.7 Å². The number of methoxy groups -OCH3 is 1. The van der Waals surface area contributed by atoms with Crippen LogP contribution in [0.5, 0.6) is 0 Å². The zero-order chi connectivity index (χ0) is 11.8. The minimum atomic E-state index is 0.463. The van der Waals surface area contributed by atoms with Gasteiger partial charge < -0.3 is 4.74 Å². The third-order valence-electron chi connectivity index (χ3n) is 2.64. The Bertz CT molecular complexity index is 581. The fourth-order valence-corrected chi connectivity index (χ4v) is 3.00. The molecule has 1 aliphatic carbocycles. The van der Waals surface area contributed by atoms with Crippen molar-refractivity contribution in [3.05, 3.63) is 15.5 Å². The Kier molecular flexibility index (Phi) is 2.81. The first-order valence-electron chi connectivity index (χ1n) is 5.41. The van der Waals surface area contributed by atoms with Gasteiger partial charge in [0.2, 0.25) is 4.77 Å². The average molecular weight is 268 g/mol. The summed E-state index contributed by atoms with van der Waals surface area (Å²) < 4.78 is 5.64. The molecule has 0 atom stereocenters. The maximum atomic E-state index is 5.18. The predicted molar refractivity (Wildman–Crippen MR) is 67.6 cm³/mol. The van der Waals surface area contributed by atoms with Gasteiger partial charge in [0.1, 0.15) is 0 Å². The molecule has 2 aromatic heterocycles. The van der Waals surface area contributed by atoms with Crippen LogP contribution in [0.2, 0.25) is 0 Å². The van der Waals surface area contributed by atoms with Crippen LogP contribution < -0.4 is 0 Å². The van der Waals surface area contributed by atoms with Gasteiger partial charge in [0.25, 0.3) is 0 Å². The molecule has 3 rings (SSSR count). The Balaban J connectivity index is 2.03. The van der Waals surface area contributed by atoms with E-state index in [1.54, 1.807) is 18.4 Å². The quantitative estimate of drug-likeness (QED) is 0.836. The zero-order valence-corrected chi connectivity index (χ0v) is 11.0. The van der Waals surface area contributed by atoms with Crippen molar-refractivity contribution in [2.24, 2.45) is 0 Å². The van der Waals surface area contributed by atoms with Crippen molar-refractivity contribution >= 4 is 23.6 Å². The molecule has 1 aliphatic rings. The molecular formula is C10H12N4OS2. The summed E-state index contributed by atoms with van der Waals surface area (Å²) in [6.45, 7) is 0.506. The second kappa shape index (κ2) is 4.32. The molecule has 0 aromatic carbocycles. The van der Waals surface area contributed by atoms with E-state index in [2.05, 4.69) is 20.2 Å². The number of H-pyrrole nitrogens is 2. The molecule has 2 aromatic rings. The molecule has 0 aliphatic heterocycles. The van der Waals surface area contributed by atoms with Gasteiger partial charge in [-0.2, -0.15) is 4.98 Å². The van der Waals surface area contributed by atoms with Gasteiger partial charge in [0.05, 0.1) is 22.2 Å². The molecule has 0 saturated heterocycles. The summed E-state index contributed by atoms with van der Waals surface area (Å²) in [5.74, 6) is 1.40. The Hall–Kier alpha value is -1.05. The van der Waals surface area contributed by atoms with Crippen molar-refractivity contribution in [2.45, 2.75) is 25.4 Å². The molecule has 0 spiro atoms. The lowest BCUT2D eigenvalue weighted by Crippen LogP contribution is -1.91. The number of rotatable bonds is 4. The molecule has 1 saturated carbocycles. The van der Waals surface area contributed by atoms with Crippen LogP contribution in [-0.4, -0.2) is 27.3 Å². The van der Waals surface area contributed by atoms with Gasteiger partial charge in [-0.25, -0.2) is 4.98 Å². The lowest BCUT2D eigenvalue weighted by molar-refractivity contribution is 0.182. The maximum absolute atomic E-state index is 5.18. The van der Waals surface area contributed by atoms with E-state index in [0.29, 0.717) is 17.3 Å². The molecule has 17 heavy (non-hydrogen) atoms. The highest BCUT2D eigenvalue weighted by molar-refractivity contribution is 7.71. The molecule has 7 heteroatoms. The summed E-state index contributed by atoms with van der Waals surface area (Å²) in [6.07, 6.45) is 2.49. The fraction of sp³-hybridized carbons (Fsp3) is 0.500. The number of aromatic amines is 2. The van der Waals surface area contributed by atoms with Gasteiger partial charge in [-0.05, 0) is 25.1 Å². The number of ether oxygens (including phenoxy) is 1. The minimum Gasteiger partial charge on any atom is -0.378 e. The van der Waals surface area contributed by atoms with Gasteiger partial charge in [-0.1, -0.05) is 0 Å². The number of nitrogens with one attached hydrogen (secondary N) is 2. The largest absolute Gasteiger partial charge is 0.378 e.